The molecule has 1 saturated carbocycles. The van der Waals surface area contributed by atoms with Gasteiger partial charge in [-0.1, -0.05) is 41.9 Å². The van der Waals surface area contributed by atoms with E-state index in [1.165, 1.54) is 0 Å². The summed E-state index contributed by atoms with van der Waals surface area (Å²) in [5.74, 6) is 0.860. The number of rotatable bonds is 4. The number of hydrogen-bond acceptors (Lipinski definition) is 2. The molecule has 1 unspecified atom stereocenters. The zero-order valence-corrected chi connectivity index (χ0v) is 12.1. The lowest BCUT2D eigenvalue weighted by atomic mass is 10.00. The summed E-state index contributed by atoms with van der Waals surface area (Å²) < 4.78 is 5.70. The lowest BCUT2D eigenvalue weighted by Gasteiger charge is -2.15. The molecule has 1 atom stereocenters. The first-order chi connectivity index (χ1) is 9.65. The fourth-order valence-corrected chi connectivity index (χ4v) is 2.40. The van der Waals surface area contributed by atoms with Gasteiger partial charge in [0.15, 0.2) is 0 Å². The molecular formula is C17H17ClO2. The monoisotopic (exact) mass is 288 g/mol. The summed E-state index contributed by atoms with van der Waals surface area (Å²) in [7, 11) is 0. The zero-order valence-electron chi connectivity index (χ0n) is 11.3. The van der Waals surface area contributed by atoms with Crippen molar-refractivity contribution in [2.75, 3.05) is 0 Å². The third-order valence-corrected chi connectivity index (χ3v) is 4.06. The summed E-state index contributed by atoms with van der Waals surface area (Å²) >= 11 is 6.26. The Morgan fingerprint density at radius 1 is 1.15 bits per heavy atom. The van der Waals surface area contributed by atoms with Crippen LogP contribution in [0.5, 0.6) is 5.75 Å². The molecule has 3 heteroatoms. The maximum absolute atomic E-state index is 10.5. The van der Waals surface area contributed by atoms with Crippen LogP contribution in [0.4, 0.5) is 0 Å². The first kappa shape index (κ1) is 13.5. The molecule has 0 aliphatic heterocycles. The topological polar surface area (TPSA) is 29.5 Å². The van der Waals surface area contributed by atoms with Gasteiger partial charge in [-0.3, -0.25) is 0 Å². The summed E-state index contributed by atoms with van der Waals surface area (Å²) in [6.45, 7) is 1.94. The van der Waals surface area contributed by atoms with Gasteiger partial charge in [-0.25, -0.2) is 0 Å². The highest BCUT2D eigenvalue weighted by molar-refractivity contribution is 6.32. The average molecular weight is 289 g/mol. The van der Waals surface area contributed by atoms with Crippen molar-refractivity contribution >= 4 is 11.6 Å². The van der Waals surface area contributed by atoms with Crippen molar-refractivity contribution < 1.29 is 9.84 Å². The van der Waals surface area contributed by atoms with Crippen LogP contribution in [0.25, 0.3) is 0 Å². The molecule has 2 aromatic rings. The van der Waals surface area contributed by atoms with E-state index in [9.17, 15) is 5.11 Å². The van der Waals surface area contributed by atoms with Crippen molar-refractivity contribution in [2.24, 2.45) is 0 Å². The number of aryl methyl sites for hydroxylation is 1. The molecule has 0 spiro atoms. The van der Waals surface area contributed by atoms with E-state index in [0.717, 1.165) is 35.3 Å². The van der Waals surface area contributed by atoms with Crippen molar-refractivity contribution in [3.05, 3.63) is 64.2 Å². The first-order valence-electron chi connectivity index (χ1n) is 6.85. The Balaban J connectivity index is 1.82. The van der Waals surface area contributed by atoms with Crippen molar-refractivity contribution in [1.82, 2.24) is 0 Å². The Kier molecular flexibility index (Phi) is 3.68. The second kappa shape index (κ2) is 5.47. The Hall–Kier alpha value is -1.51. The van der Waals surface area contributed by atoms with Gasteiger partial charge < -0.3 is 9.84 Å². The van der Waals surface area contributed by atoms with Crippen LogP contribution in [-0.2, 0) is 0 Å². The van der Waals surface area contributed by atoms with Crippen LogP contribution >= 0.6 is 11.6 Å². The predicted molar refractivity (Wildman–Crippen MR) is 80.3 cm³/mol. The van der Waals surface area contributed by atoms with Crippen LogP contribution in [0.3, 0.4) is 0 Å². The largest absolute Gasteiger partial charge is 0.490 e. The maximum atomic E-state index is 10.5. The molecule has 0 heterocycles. The third-order valence-electron chi connectivity index (χ3n) is 3.54. The fraction of sp³-hybridized carbons (Fsp3) is 0.294. The molecule has 1 fully saturated rings. The van der Waals surface area contributed by atoms with Crippen LogP contribution in [0, 0.1) is 6.92 Å². The van der Waals surface area contributed by atoms with Crippen molar-refractivity contribution in [1.29, 1.82) is 0 Å². The molecule has 2 aromatic carbocycles. The lowest BCUT2D eigenvalue weighted by Crippen LogP contribution is -2.02. The Bertz CT molecular complexity index is 603. The van der Waals surface area contributed by atoms with E-state index < -0.39 is 6.10 Å². The molecule has 104 valence electrons. The molecule has 0 bridgehead atoms. The highest BCUT2D eigenvalue weighted by Gasteiger charge is 2.23. The van der Waals surface area contributed by atoms with Gasteiger partial charge in [0, 0.05) is 10.6 Å². The van der Waals surface area contributed by atoms with Gasteiger partial charge in [-0.15, -0.1) is 0 Å². The molecule has 0 radical (unpaired) electrons. The summed E-state index contributed by atoms with van der Waals surface area (Å²) in [5.41, 5.74) is 2.53. The van der Waals surface area contributed by atoms with E-state index in [2.05, 4.69) is 0 Å². The van der Waals surface area contributed by atoms with Gasteiger partial charge in [-0.05, 0) is 43.0 Å². The van der Waals surface area contributed by atoms with Crippen molar-refractivity contribution in [3.63, 3.8) is 0 Å². The second-order valence-electron chi connectivity index (χ2n) is 5.27. The van der Waals surface area contributed by atoms with Gasteiger partial charge in [0.25, 0.3) is 0 Å². The smallest absolute Gasteiger partial charge is 0.119 e. The summed E-state index contributed by atoms with van der Waals surface area (Å²) in [6.07, 6.45) is 1.96. The highest BCUT2D eigenvalue weighted by atomic mass is 35.5. The molecule has 1 aliphatic carbocycles. The molecule has 1 N–H and O–H groups in total. The van der Waals surface area contributed by atoms with Gasteiger partial charge >= 0.3 is 0 Å². The quantitative estimate of drug-likeness (QED) is 0.910. The fourth-order valence-electron chi connectivity index (χ4n) is 2.17. The van der Waals surface area contributed by atoms with E-state index in [-0.39, 0.29) is 0 Å². The maximum Gasteiger partial charge on any atom is 0.119 e. The molecule has 0 aromatic heterocycles. The van der Waals surface area contributed by atoms with Crippen LogP contribution in [0.15, 0.2) is 42.5 Å². The Labute approximate surface area is 124 Å². The third kappa shape index (κ3) is 2.82. The minimum Gasteiger partial charge on any atom is -0.490 e. The first-order valence-corrected chi connectivity index (χ1v) is 7.22. The van der Waals surface area contributed by atoms with E-state index in [4.69, 9.17) is 16.3 Å². The van der Waals surface area contributed by atoms with Crippen LogP contribution in [-0.4, -0.2) is 11.2 Å². The van der Waals surface area contributed by atoms with E-state index in [0.29, 0.717) is 11.1 Å². The number of benzene rings is 2. The number of halogens is 1. The lowest BCUT2D eigenvalue weighted by molar-refractivity contribution is 0.220. The minimum atomic E-state index is -0.711. The van der Waals surface area contributed by atoms with E-state index >= 15 is 0 Å². The SMILES string of the molecule is Cc1cccc(C(O)c2ccc(OC3CC3)cc2)c1Cl. The van der Waals surface area contributed by atoms with Gasteiger partial charge in [-0.2, -0.15) is 0 Å². The molecular weight excluding hydrogens is 272 g/mol. The number of aliphatic hydroxyl groups is 1. The summed E-state index contributed by atoms with van der Waals surface area (Å²) in [4.78, 5) is 0. The number of hydrogen-bond donors (Lipinski definition) is 1. The predicted octanol–water partition coefficient (Wildman–Crippen LogP) is 4.27. The van der Waals surface area contributed by atoms with E-state index in [1.807, 2.05) is 49.4 Å². The van der Waals surface area contributed by atoms with E-state index in [1.54, 1.807) is 0 Å². The summed E-state index contributed by atoms with van der Waals surface area (Å²) in [6, 6.07) is 13.3. The Morgan fingerprint density at radius 2 is 1.85 bits per heavy atom. The highest BCUT2D eigenvalue weighted by Crippen LogP contribution is 2.32. The van der Waals surface area contributed by atoms with Crippen LogP contribution < -0.4 is 4.74 Å². The minimum absolute atomic E-state index is 0.386. The second-order valence-corrected chi connectivity index (χ2v) is 5.64. The molecule has 0 amide bonds. The van der Waals surface area contributed by atoms with Gasteiger partial charge in [0.1, 0.15) is 11.9 Å². The van der Waals surface area contributed by atoms with Crippen LogP contribution in [0.2, 0.25) is 5.02 Å². The summed E-state index contributed by atoms with van der Waals surface area (Å²) in [5, 5.41) is 11.1. The van der Waals surface area contributed by atoms with Crippen molar-refractivity contribution in [2.45, 2.75) is 32.0 Å². The zero-order chi connectivity index (χ0) is 14.1. The molecule has 20 heavy (non-hydrogen) atoms. The normalized spacial score (nSPS) is 15.9. The number of ether oxygens (including phenoxy) is 1. The number of aliphatic hydroxyl groups excluding tert-OH is 1. The molecule has 2 nitrogen and oxygen atoms in total. The molecule has 3 rings (SSSR count). The molecule has 0 saturated heterocycles. The Morgan fingerprint density at radius 3 is 2.50 bits per heavy atom. The molecule has 1 aliphatic rings. The van der Waals surface area contributed by atoms with Gasteiger partial charge in [0.05, 0.1) is 6.10 Å². The van der Waals surface area contributed by atoms with Crippen molar-refractivity contribution in [3.8, 4) is 5.75 Å². The van der Waals surface area contributed by atoms with Crippen LogP contribution in [0.1, 0.15) is 35.6 Å². The average Bonchev–Trinajstić information content (AvgIpc) is 3.26. The van der Waals surface area contributed by atoms with Gasteiger partial charge in [0.2, 0.25) is 0 Å². The standard InChI is InChI=1S/C17H17ClO2/c1-11-3-2-4-15(16(11)18)17(19)12-5-7-13(8-6-12)20-14-9-10-14/h2-8,14,17,19H,9-10H2,1H3.